The molecule has 0 spiro atoms. The van der Waals surface area contributed by atoms with Gasteiger partial charge in [-0.25, -0.2) is 8.42 Å². The highest BCUT2D eigenvalue weighted by molar-refractivity contribution is 7.92. The second-order valence-corrected chi connectivity index (χ2v) is 8.57. The number of rotatable bonds is 6. The van der Waals surface area contributed by atoms with Gasteiger partial charge >= 0.3 is 0 Å². The Bertz CT molecular complexity index is 913. The van der Waals surface area contributed by atoms with Crippen LogP contribution in [0.15, 0.2) is 42.5 Å². The van der Waals surface area contributed by atoms with Gasteiger partial charge in [0.15, 0.2) is 0 Å². The van der Waals surface area contributed by atoms with E-state index in [1.54, 1.807) is 25.1 Å². The topological polar surface area (TPSA) is 66.5 Å². The molecule has 0 aliphatic rings. The Morgan fingerprint density at radius 2 is 1.88 bits per heavy atom. The Kier molecular flexibility index (Phi) is 6.31. The number of hydrogen-bond acceptors (Lipinski definition) is 3. The van der Waals surface area contributed by atoms with Crippen molar-refractivity contribution in [3.63, 3.8) is 0 Å². The third-order valence-electron chi connectivity index (χ3n) is 4.03. The van der Waals surface area contributed by atoms with Gasteiger partial charge < -0.3 is 5.32 Å². The minimum atomic E-state index is -3.69. The molecule has 1 N–H and O–H groups in total. The van der Waals surface area contributed by atoms with Crippen LogP contribution in [0.5, 0.6) is 0 Å². The molecule has 0 heterocycles. The first-order chi connectivity index (χ1) is 12.1. The van der Waals surface area contributed by atoms with Crippen LogP contribution < -0.4 is 9.62 Å². The van der Waals surface area contributed by atoms with Crippen LogP contribution in [0.1, 0.15) is 24.5 Å². The molecule has 1 atom stereocenters. The Hall–Kier alpha value is -2.05. The first kappa shape index (κ1) is 20.3. The van der Waals surface area contributed by atoms with Crippen molar-refractivity contribution in [1.29, 1.82) is 0 Å². The van der Waals surface area contributed by atoms with E-state index in [1.807, 2.05) is 32.0 Å². The number of nitrogens with zero attached hydrogens (tertiary/aromatic N) is 1. The molecule has 140 valence electrons. The fourth-order valence-corrected chi connectivity index (χ4v) is 4.23. The number of benzene rings is 2. The fourth-order valence-electron chi connectivity index (χ4n) is 2.84. The molecule has 2 rings (SSSR count). The molecule has 0 aromatic heterocycles. The van der Waals surface area contributed by atoms with E-state index in [2.05, 4.69) is 5.32 Å². The zero-order chi connectivity index (χ0) is 19.5. The number of nitrogens with one attached hydrogen (secondary N) is 1. The molecule has 1 unspecified atom stereocenters. The van der Waals surface area contributed by atoms with Gasteiger partial charge in [0.1, 0.15) is 6.04 Å². The molecule has 0 radical (unpaired) electrons. The maximum Gasteiger partial charge on any atom is 0.248 e. The monoisotopic (exact) mass is 394 g/mol. The van der Waals surface area contributed by atoms with Gasteiger partial charge in [0.2, 0.25) is 15.9 Å². The smallest absolute Gasteiger partial charge is 0.248 e. The van der Waals surface area contributed by atoms with E-state index in [4.69, 9.17) is 11.6 Å². The van der Waals surface area contributed by atoms with Crippen molar-refractivity contribution in [2.45, 2.75) is 33.2 Å². The van der Waals surface area contributed by atoms with E-state index in [0.717, 1.165) is 21.7 Å². The minimum Gasteiger partial charge on any atom is -0.324 e. The first-order valence-electron chi connectivity index (χ1n) is 8.26. The summed E-state index contributed by atoms with van der Waals surface area (Å²) in [6, 6.07) is 11.3. The molecule has 0 saturated carbocycles. The van der Waals surface area contributed by atoms with Crippen molar-refractivity contribution in [1.82, 2.24) is 0 Å². The molecule has 0 aliphatic heterocycles. The van der Waals surface area contributed by atoms with Gasteiger partial charge in [-0.1, -0.05) is 42.3 Å². The van der Waals surface area contributed by atoms with Crippen molar-refractivity contribution in [2.75, 3.05) is 15.9 Å². The number of halogens is 1. The van der Waals surface area contributed by atoms with Gasteiger partial charge in [-0.3, -0.25) is 9.10 Å². The zero-order valence-electron chi connectivity index (χ0n) is 15.3. The van der Waals surface area contributed by atoms with Crippen LogP contribution in [0.25, 0.3) is 0 Å². The van der Waals surface area contributed by atoms with Gasteiger partial charge in [-0.2, -0.15) is 0 Å². The van der Waals surface area contributed by atoms with E-state index in [-0.39, 0.29) is 5.91 Å². The second-order valence-electron chi connectivity index (χ2n) is 6.27. The number of sulfonamides is 1. The summed E-state index contributed by atoms with van der Waals surface area (Å²) in [6.07, 6.45) is 1.40. The molecular formula is C19H23ClN2O3S. The predicted molar refractivity (Wildman–Crippen MR) is 107 cm³/mol. The third-order valence-corrected chi connectivity index (χ3v) is 5.45. The summed E-state index contributed by atoms with van der Waals surface area (Å²) in [5.74, 6) is -0.384. The molecule has 0 bridgehead atoms. The molecule has 1 amide bonds. The third kappa shape index (κ3) is 4.77. The van der Waals surface area contributed by atoms with Crippen molar-refractivity contribution in [3.8, 4) is 0 Å². The van der Waals surface area contributed by atoms with Crippen molar-refractivity contribution >= 4 is 38.9 Å². The standard InChI is InChI=1S/C19H23ClN2O3S/c1-5-18(19(23)21-17-10-9-13(2)11-14(17)3)22(26(4,24)25)16-8-6-7-15(20)12-16/h6-12,18H,5H2,1-4H3,(H,21,23). The highest BCUT2D eigenvalue weighted by Crippen LogP contribution is 2.26. The van der Waals surface area contributed by atoms with Crippen molar-refractivity contribution in [3.05, 3.63) is 58.6 Å². The molecule has 26 heavy (non-hydrogen) atoms. The van der Waals surface area contributed by atoms with Crippen LogP contribution in [0.4, 0.5) is 11.4 Å². The number of amides is 1. The molecule has 2 aromatic rings. The minimum absolute atomic E-state index is 0.316. The molecular weight excluding hydrogens is 372 g/mol. The summed E-state index contributed by atoms with van der Waals surface area (Å²) < 4.78 is 26.0. The summed E-state index contributed by atoms with van der Waals surface area (Å²) in [5.41, 5.74) is 3.03. The molecule has 0 aliphatic carbocycles. The average molecular weight is 395 g/mol. The highest BCUT2D eigenvalue weighted by atomic mass is 35.5. The number of anilines is 2. The van der Waals surface area contributed by atoms with E-state index in [1.165, 1.54) is 6.07 Å². The molecule has 0 fully saturated rings. The number of carbonyl (C=O) groups excluding carboxylic acids is 1. The van der Waals surface area contributed by atoms with Crippen molar-refractivity contribution in [2.24, 2.45) is 0 Å². The lowest BCUT2D eigenvalue weighted by atomic mass is 10.1. The van der Waals surface area contributed by atoms with E-state index in [0.29, 0.717) is 22.8 Å². The van der Waals surface area contributed by atoms with Gasteiger partial charge in [0.05, 0.1) is 11.9 Å². The van der Waals surface area contributed by atoms with Crippen LogP contribution in [-0.2, 0) is 14.8 Å². The van der Waals surface area contributed by atoms with E-state index in [9.17, 15) is 13.2 Å². The Balaban J connectivity index is 2.40. The fraction of sp³-hybridized carbons (Fsp3) is 0.316. The van der Waals surface area contributed by atoms with Crippen molar-refractivity contribution < 1.29 is 13.2 Å². The lowest BCUT2D eigenvalue weighted by Crippen LogP contribution is -2.47. The molecule has 2 aromatic carbocycles. The van der Waals surface area contributed by atoms with Crippen LogP contribution >= 0.6 is 11.6 Å². The summed E-state index contributed by atoms with van der Waals surface area (Å²) >= 11 is 6.01. The first-order valence-corrected chi connectivity index (χ1v) is 10.5. The largest absolute Gasteiger partial charge is 0.324 e. The number of carbonyl (C=O) groups is 1. The summed E-state index contributed by atoms with van der Waals surface area (Å²) in [7, 11) is -3.69. The maximum atomic E-state index is 12.9. The Morgan fingerprint density at radius 1 is 1.19 bits per heavy atom. The Morgan fingerprint density at radius 3 is 2.42 bits per heavy atom. The molecule has 0 saturated heterocycles. The van der Waals surface area contributed by atoms with Crippen LogP contribution in [0, 0.1) is 13.8 Å². The van der Waals surface area contributed by atoms with Gasteiger partial charge in [0, 0.05) is 10.7 Å². The average Bonchev–Trinajstić information content (AvgIpc) is 2.53. The lowest BCUT2D eigenvalue weighted by molar-refractivity contribution is -0.117. The SMILES string of the molecule is CCC(C(=O)Nc1ccc(C)cc1C)N(c1cccc(Cl)c1)S(C)(=O)=O. The summed E-state index contributed by atoms with van der Waals surface area (Å²) in [4.78, 5) is 12.9. The summed E-state index contributed by atoms with van der Waals surface area (Å²) in [6.45, 7) is 5.64. The normalized spacial score (nSPS) is 12.5. The van der Waals surface area contributed by atoms with E-state index < -0.39 is 16.1 Å². The van der Waals surface area contributed by atoms with E-state index >= 15 is 0 Å². The molecule has 7 heteroatoms. The summed E-state index contributed by atoms with van der Waals surface area (Å²) in [5, 5.41) is 3.25. The quantitative estimate of drug-likeness (QED) is 0.800. The number of aryl methyl sites for hydroxylation is 2. The van der Waals surface area contributed by atoms with Gasteiger partial charge in [0.25, 0.3) is 0 Å². The van der Waals surface area contributed by atoms with Crippen LogP contribution in [-0.4, -0.2) is 26.6 Å². The highest BCUT2D eigenvalue weighted by Gasteiger charge is 2.31. The predicted octanol–water partition coefficient (Wildman–Crippen LogP) is 4.14. The zero-order valence-corrected chi connectivity index (χ0v) is 16.9. The lowest BCUT2D eigenvalue weighted by Gasteiger charge is -2.30. The maximum absolute atomic E-state index is 12.9. The Labute approximate surface area is 160 Å². The molecule has 5 nitrogen and oxygen atoms in total. The van der Waals surface area contributed by atoms with Crippen LogP contribution in [0.3, 0.4) is 0 Å². The second kappa shape index (κ2) is 8.10. The number of hydrogen-bond donors (Lipinski definition) is 1. The van der Waals surface area contributed by atoms with Gasteiger partial charge in [-0.05, 0) is 50.1 Å². The van der Waals surface area contributed by atoms with Crippen LogP contribution in [0.2, 0.25) is 5.02 Å². The van der Waals surface area contributed by atoms with Gasteiger partial charge in [-0.15, -0.1) is 0 Å².